The van der Waals surface area contributed by atoms with Crippen molar-refractivity contribution in [3.8, 4) is 0 Å². The van der Waals surface area contributed by atoms with Gasteiger partial charge >= 0.3 is 0 Å². The minimum absolute atomic E-state index is 0.0584. The van der Waals surface area contributed by atoms with Gasteiger partial charge in [0.15, 0.2) is 0 Å². The maximum absolute atomic E-state index is 13.6. The molecular weight excluding hydrogens is 295 g/mol. The second kappa shape index (κ2) is 6.21. The van der Waals surface area contributed by atoms with E-state index in [1.807, 2.05) is 0 Å². The van der Waals surface area contributed by atoms with Gasteiger partial charge in [-0.3, -0.25) is 4.72 Å². The van der Waals surface area contributed by atoms with Gasteiger partial charge in [-0.05, 0) is 29.8 Å². The van der Waals surface area contributed by atoms with Crippen molar-refractivity contribution in [1.82, 2.24) is 0 Å². The molecule has 21 heavy (non-hydrogen) atoms. The molecular formula is C14H15FN2O3S. The molecule has 0 bridgehead atoms. The third-order valence-electron chi connectivity index (χ3n) is 2.96. The normalized spacial score (nSPS) is 11.4. The zero-order valence-corrected chi connectivity index (χ0v) is 11.9. The smallest absolute Gasteiger partial charge is 0.262 e. The standard InChI is InChI=1S/C14H15FN2O3S/c15-13-2-1-3-14(12(13)8-16)21(19,20)17-11-6-4-10(9-18)5-7-11/h1-7,17-18H,8-9,16H2. The van der Waals surface area contributed by atoms with Crippen LogP contribution in [0, 0.1) is 5.82 Å². The van der Waals surface area contributed by atoms with Crippen molar-refractivity contribution in [3.05, 3.63) is 59.4 Å². The Morgan fingerprint density at radius 1 is 1.14 bits per heavy atom. The fraction of sp³-hybridized carbons (Fsp3) is 0.143. The van der Waals surface area contributed by atoms with Crippen LogP contribution < -0.4 is 10.5 Å². The molecule has 4 N–H and O–H groups in total. The van der Waals surface area contributed by atoms with E-state index in [4.69, 9.17) is 10.8 Å². The molecule has 0 spiro atoms. The fourth-order valence-electron chi connectivity index (χ4n) is 1.88. The number of hydrogen-bond donors (Lipinski definition) is 3. The zero-order valence-electron chi connectivity index (χ0n) is 11.1. The highest BCUT2D eigenvalue weighted by Gasteiger charge is 2.20. The van der Waals surface area contributed by atoms with Gasteiger partial charge in [-0.1, -0.05) is 18.2 Å². The number of aliphatic hydroxyl groups excluding tert-OH is 1. The Morgan fingerprint density at radius 2 is 1.81 bits per heavy atom. The maximum Gasteiger partial charge on any atom is 0.262 e. The summed E-state index contributed by atoms with van der Waals surface area (Å²) in [5, 5.41) is 8.94. The molecule has 5 nitrogen and oxygen atoms in total. The van der Waals surface area contributed by atoms with Crippen LogP contribution in [0.5, 0.6) is 0 Å². The molecule has 0 fully saturated rings. The minimum atomic E-state index is -3.93. The summed E-state index contributed by atoms with van der Waals surface area (Å²) in [4.78, 5) is -0.184. The van der Waals surface area contributed by atoms with Crippen LogP contribution >= 0.6 is 0 Å². The lowest BCUT2D eigenvalue weighted by molar-refractivity contribution is 0.282. The number of nitrogens with two attached hydrogens (primary N) is 1. The summed E-state index contributed by atoms with van der Waals surface area (Å²) in [7, 11) is -3.93. The predicted octanol–water partition coefficient (Wildman–Crippen LogP) is 1.58. The van der Waals surface area contributed by atoms with E-state index < -0.39 is 15.8 Å². The number of anilines is 1. The van der Waals surface area contributed by atoms with Gasteiger partial charge in [-0.2, -0.15) is 0 Å². The topological polar surface area (TPSA) is 92.4 Å². The Hall–Kier alpha value is -1.96. The number of sulfonamides is 1. The number of aliphatic hydroxyl groups is 1. The summed E-state index contributed by atoms with van der Waals surface area (Å²) in [5.74, 6) is -0.656. The van der Waals surface area contributed by atoms with E-state index in [2.05, 4.69) is 4.72 Å². The van der Waals surface area contributed by atoms with Crippen molar-refractivity contribution in [2.75, 3.05) is 4.72 Å². The van der Waals surface area contributed by atoms with E-state index in [1.165, 1.54) is 24.3 Å². The SMILES string of the molecule is NCc1c(F)cccc1S(=O)(=O)Nc1ccc(CO)cc1. The van der Waals surface area contributed by atoms with E-state index in [0.717, 1.165) is 6.07 Å². The predicted molar refractivity (Wildman–Crippen MR) is 77.5 cm³/mol. The molecule has 2 aromatic carbocycles. The molecule has 0 aliphatic heterocycles. The van der Waals surface area contributed by atoms with Gasteiger partial charge in [0.05, 0.1) is 11.5 Å². The summed E-state index contributed by atoms with van der Waals surface area (Å²) in [6.07, 6.45) is 0. The monoisotopic (exact) mass is 310 g/mol. The van der Waals surface area contributed by atoms with Gasteiger partial charge in [0.25, 0.3) is 10.0 Å². The summed E-state index contributed by atoms with van der Waals surface area (Å²) in [6, 6.07) is 10.0. The first-order valence-electron chi connectivity index (χ1n) is 6.18. The Kier molecular flexibility index (Phi) is 4.56. The molecule has 2 rings (SSSR count). The number of benzene rings is 2. The average molecular weight is 310 g/mol. The van der Waals surface area contributed by atoms with Gasteiger partial charge in [0, 0.05) is 17.8 Å². The van der Waals surface area contributed by atoms with Crippen LogP contribution in [-0.2, 0) is 23.2 Å². The summed E-state index contributed by atoms with van der Waals surface area (Å²) in [6.45, 7) is -0.347. The lowest BCUT2D eigenvalue weighted by Crippen LogP contribution is -2.17. The first-order chi connectivity index (χ1) is 9.97. The molecule has 0 aliphatic rings. The molecule has 112 valence electrons. The molecule has 7 heteroatoms. The Bertz CT molecular complexity index is 730. The van der Waals surface area contributed by atoms with Crippen LogP contribution in [0.4, 0.5) is 10.1 Å². The largest absolute Gasteiger partial charge is 0.392 e. The highest BCUT2D eigenvalue weighted by molar-refractivity contribution is 7.92. The molecule has 2 aromatic rings. The molecule has 0 saturated heterocycles. The van der Waals surface area contributed by atoms with Crippen molar-refractivity contribution >= 4 is 15.7 Å². The van der Waals surface area contributed by atoms with E-state index >= 15 is 0 Å². The fourth-order valence-corrected chi connectivity index (χ4v) is 3.20. The van der Waals surface area contributed by atoms with Gasteiger partial charge in [0.1, 0.15) is 5.82 Å². The summed E-state index contributed by atoms with van der Waals surface area (Å²) in [5.41, 5.74) is 6.34. The summed E-state index contributed by atoms with van der Waals surface area (Å²) >= 11 is 0. The lowest BCUT2D eigenvalue weighted by Gasteiger charge is -2.12. The molecule has 0 unspecified atom stereocenters. The summed E-state index contributed by atoms with van der Waals surface area (Å²) < 4.78 is 40.6. The number of hydrogen-bond acceptors (Lipinski definition) is 4. The van der Waals surface area contributed by atoms with Gasteiger partial charge in [-0.15, -0.1) is 0 Å². The van der Waals surface area contributed by atoms with Crippen molar-refractivity contribution in [3.63, 3.8) is 0 Å². The molecule has 0 saturated carbocycles. The Balaban J connectivity index is 2.36. The van der Waals surface area contributed by atoms with Gasteiger partial charge in [-0.25, -0.2) is 12.8 Å². The van der Waals surface area contributed by atoms with E-state index in [9.17, 15) is 12.8 Å². The molecule has 0 radical (unpaired) electrons. The van der Waals surface area contributed by atoms with E-state index in [1.54, 1.807) is 12.1 Å². The van der Waals surface area contributed by atoms with Crippen molar-refractivity contribution in [2.24, 2.45) is 5.73 Å². The van der Waals surface area contributed by atoms with Crippen molar-refractivity contribution in [1.29, 1.82) is 0 Å². The second-order valence-corrected chi connectivity index (χ2v) is 6.03. The third-order valence-corrected chi connectivity index (χ3v) is 4.42. The van der Waals surface area contributed by atoms with Crippen LogP contribution in [0.15, 0.2) is 47.4 Å². The van der Waals surface area contributed by atoms with Gasteiger partial charge in [0.2, 0.25) is 0 Å². The third kappa shape index (κ3) is 3.38. The van der Waals surface area contributed by atoms with Crippen LogP contribution in [0.1, 0.15) is 11.1 Å². The Labute approximate surface area is 122 Å². The highest BCUT2D eigenvalue weighted by Crippen LogP contribution is 2.22. The first kappa shape index (κ1) is 15.4. The second-order valence-electron chi connectivity index (χ2n) is 4.38. The molecule has 0 heterocycles. The van der Waals surface area contributed by atoms with Gasteiger partial charge < -0.3 is 10.8 Å². The van der Waals surface area contributed by atoms with Crippen LogP contribution in [0.2, 0.25) is 0 Å². The zero-order chi connectivity index (χ0) is 15.5. The van der Waals surface area contributed by atoms with Crippen LogP contribution in [0.3, 0.4) is 0 Å². The maximum atomic E-state index is 13.6. The molecule has 0 amide bonds. The van der Waals surface area contributed by atoms with E-state index in [-0.39, 0.29) is 23.6 Å². The lowest BCUT2D eigenvalue weighted by atomic mass is 10.2. The number of rotatable bonds is 5. The minimum Gasteiger partial charge on any atom is -0.392 e. The molecule has 0 aliphatic carbocycles. The Morgan fingerprint density at radius 3 is 2.38 bits per heavy atom. The molecule has 0 aromatic heterocycles. The average Bonchev–Trinajstić information content (AvgIpc) is 2.47. The highest BCUT2D eigenvalue weighted by atomic mass is 32.2. The van der Waals surface area contributed by atoms with Crippen LogP contribution in [0.25, 0.3) is 0 Å². The van der Waals surface area contributed by atoms with Crippen molar-refractivity contribution in [2.45, 2.75) is 18.0 Å². The van der Waals surface area contributed by atoms with Crippen LogP contribution in [-0.4, -0.2) is 13.5 Å². The quantitative estimate of drug-likeness (QED) is 0.781. The molecule has 0 atom stereocenters. The first-order valence-corrected chi connectivity index (χ1v) is 7.66. The number of nitrogens with one attached hydrogen (secondary N) is 1. The van der Waals surface area contributed by atoms with Crippen molar-refractivity contribution < 1.29 is 17.9 Å². The van der Waals surface area contributed by atoms with E-state index in [0.29, 0.717) is 11.3 Å². The number of halogens is 1.